The monoisotopic (exact) mass is 390 g/mol. The molecular formula is C16H12Br2N2. The lowest BCUT2D eigenvalue weighted by molar-refractivity contribution is 0.687. The summed E-state index contributed by atoms with van der Waals surface area (Å²) in [5.41, 5.74) is 3.53. The number of benzene rings is 2. The van der Waals surface area contributed by atoms with Crippen molar-refractivity contribution >= 4 is 31.9 Å². The second-order valence-corrected chi connectivity index (χ2v) is 6.39. The molecule has 3 rings (SSSR count). The quantitative estimate of drug-likeness (QED) is 0.605. The van der Waals surface area contributed by atoms with Gasteiger partial charge in [0.2, 0.25) is 0 Å². The molecule has 2 aromatic carbocycles. The molecule has 0 fully saturated rings. The van der Waals surface area contributed by atoms with E-state index in [9.17, 15) is 0 Å². The summed E-state index contributed by atoms with van der Waals surface area (Å²) in [7, 11) is 0. The summed E-state index contributed by atoms with van der Waals surface area (Å²) < 4.78 is 4.14. The van der Waals surface area contributed by atoms with Crippen LogP contribution in [0.1, 0.15) is 5.56 Å². The van der Waals surface area contributed by atoms with Crippen LogP contribution < -0.4 is 0 Å². The Balaban J connectivity index is 1.82. The third-order valence-corrected chi connectivity index (χ3v) is 4.07. The van der Waals surface area contributed by atoms with Gasteiger partial charge in [-0.25, -0.2) is 0 Å². The van der Waals surface area contributed by atoms with Crippen molar-refractivity contribution in [3.05, 3.63) is 75.4 Å². The Hall–Kier alpha value is -1.39. The normalized spacial score (nSPS) is 10.7. The molecule has 4 heteroatoms. The van der Waals surface area contributed by atoms with Crippen molar-refractivity contribution < 1.29 is 0 Å². The van der Waals surface area contributed by atoms with Crippen LogP contribution in [0, 0.1) is 0 Å². The van der Waals surface area contributed by atoms with Gasteiger partial charge in [-0.2, -0.15) is 5.10 Å². The van der Waals surface area contributed by atoms with Crippen LogP contribution in [0.5, 0.6) is 0 Å². The minimum atomic E-state index is 0.774. The molecular weight excluding hydrogens is 380 g/mol. The van der Waals surface area contributed by atoms with Crippen molar-refractivity contribution in [2.24, 2.45) is 0 Å². The van der Waals surface area contributed by atoms with Crippen LogP contribution in [0.4, 0.5) is 0 Å². The molecule has 100 valence electrons. The minimum absolute atomic E-state index is 0.774. The maximum Gasteiger partial charge on any atom is 0.0660 e. The molecule has 0 spiro atoms. The molecule has 0 atom stereocenters. The number of aromatic nitrogens is 2. The first-order chi connectivity index (χ1) is 9.70. The maximum atomic E-state index is 4.43. The molecule has 0 N–H and O–H groups in total. The fourth-order valence-electron chi connectivity index (χ4n) is 2.06. The summed E-state index contributed by atoms with van der Waals surface area (Å²) in [6.07, 6.45) is 3.98. The molecule has 0 unspecified atom stereocenters. The van der Waals surface area contributed by atoms with Crippen LogP contribution >= 0.6 is 31.9 Å². The number of halogens is 2. The van der Waals surface area contributed by atoms with E-state index in [0.29, 0.717) is 0 Å². The maximum absolute atomic E-state index is 4.43. The SMILES string of the molecule is Brc1ccc(-c2cnn(Cc3cccc(Br)c3)c2)cc1. The Morgan fingerprint density at radius 2 is 1.70 bits per heavy atom. The fraction of sp³-hybridized carbons (Fsp3) is 0.0625. The molecule has 3 aromatic rings. The Morgan fingerprint density at radius 1 is 0.900 bits per heavy atom. The van der Waals surface area contributed by atoms with Gasteiger partial charge >= 0.3 is 0 Å². The first-order valence-corrected chi connectivity index (χ1v) is 7.82. The minimum Gasteiger partial charge on any atom is -0.268 e. The second kappa shape index (κ2) is 5.94. The van der Waals surface area contributed by atoms with Crippen molar-refractivity contribution in [2.45, 2.75) is 6.54 Å². The molecule has 1 aromatic heterocycles. The first kappa shape index (κ1) is 13.6. The lowest BCUT2D eigenvalue weighted by atomic mass is 10.1. The second-order valence-electron chi connectivity index (χ2n) is 4.56. The highest BCUT2D eigenvalue weighted by atomic mass is 79.9. The highest BCUT2D eigenvalue weighted by Gasteiger charge is 2.03. The summed E-state index contributed by atoms with van der Waals surface area (Å²) in [5, 5.41) is 4.43. The zero-order chi connectivity index (χ0) is 13.9. The molecule has 20 heavy (non-hydrogen) atoms. The van der Waals surface area contributed by atoms with Crippen LogP contribution in [0.25, 0.3) is 11.1 Å². The van der Waals surface area contributed by atoms with Gasteiger partial charge < -0.3 is 0 Å². The summed E-state index contributed by atoms with van der Waals surface area (Å²) in [6, 6.07) is 16.5. The number of hydrogen-bond acceptors (Lipinski definition) is 1. The van der Waals surface area contributed by atoms with Crippen LogP contribution in [0.15, 0.2) is 69.9 Å². The van der Waals surface area contributed by atoms with Gasteiger partial charge in [-0.1, -0.05) is 56.1 Å². The van der Waals surface area contributed by atoms with E-state index in [4.69, 9.17) is 0 Å². The summed E-state index contributed by atoms with van der Waals surface area (Å²) in [4.78, 5) is 0. The molecule has 0 saturated carbocycles. The average Bonchev–Trinajstić information content (AvgIpc) is 2.88. The van der Waals surface area contributed by atoms with Gasteiger partial charge in [0.05, 0.1) is 12.7 Å². The van der Waals surface area contributed by atoms with Crippen LogP contribution in [-0.2, 0) is 6.54 Å². The average molecular weight is 392 g/mol. The Labute approximate surface area is 134 Å². The van der Waals surface area contributed by atoms with Crippen molar-refractivity contribution in [3.8, 4) is 11.1 Å². The van der Waals surface area contributed by atoms with E-state index in [0.717, 1.165) is 21.1 Å². The molecule has 0 aliphatic heterocycles. The largest absolute Gasteiger partial charge is 0.268 e. The van der Waals surface area contributed by atoms with Gasteiger partial charge in [-0.3, -0.25) is 4.68 Å². The number of nitrogens with zero attached hydrogens (tertiary/aromatic N) is 2. The zero-order valence-electron chi connectivity index (χ0n) is 10.6. The summed E-state index contributed by atoms with van der Waals surface area (Å²) in [5.74, 6) is 0. The van der Waals surface area contributed by atoms with E-state index >= 15 is 0 Å². The molecule has 1 heterocycles. The van der Waals surface area contributed by atoms with Crippen LogP contribution in [-0.4, -0.2) is 9.78 Å². The van der Waals surface area contributed by atoms with E-state index in [1.807, 2.05) is 35.1 Å². The van der Waals surface area contributed by atoms with Gasteiger partial charge in [0.1, 0.15) is 0 Å². The lowest BCUT2D eigenvalue weighted by Crippen LogP contribution is -1.99. The predicted molar refractivity (Wildman–Crippen MR) is 88.6 cm³/mol. The molecule has 0 amide bonds. The van der Waals surface area contributed by atoms with E-state index in [2.05, 4.69) is 67.4 Å². The third kappa shape index (κ3) is 3.19. The third-order valence-electron chi connectivity index (χ3n) is 3.04. The molecule has 2 nitrogen and oxygen atoms in total. The topological polar surface area (TPSA) is 17.8 Å². The Bertz CT molecular complexity index is 717. The van der Waals surface area contributed by atoms with Crippen LogP contribution in [0.3, 0.4) is 0 Å². The van der Waals surface area contributed by atoms with Gasteiger partial charge in [0, 0.05) is 20.7 Å². The molecule has 0 radical (unpaired) electrons. The molecule has 0 saturated heterocycles. The summed E-state index contributed by atoms with van der Waals surface area (Å²) >= 11 is 6.94. The van der Waals surface area contributed by atoms with E-state index in [1.54, 1.807) is 0 Å². The molecule has 0 aliphatic rings. The van der Waals surface area contributed by atoms with Gasteiger partial charge in [-0.15, -0.1) is 0 Å². The standard InChI is InChI=1S/C16H12Br2N2/c17-15-6-4-13(5-7-15)14-9-19-20(11-14)10-12-2-1-3-16(18)8-12/h1-9,11H,10H2. The zero-order valence-corrected chi connectivity index (χ0v) is 13.8. The predicted octanol–water partition coefficient (Wildman–Crippen LogP) is 5.12. The van der Waals surface area contributed by atoms with E-state index < -0.39 is 0 Å². The summed E-state index contributed by atoms with van der Waals surface area (Å²) in [6.45, 7) is 0.774. The molecule has 0 aliphatic carbocycles. The van der Waals surface area contributed by atoms with Gasteiger partial charge in [0.15, 0.2) is 0 Å². The van der Waals surface area contributed by atoms with Crippen molar-refractivity contribution in [2.75, 3.05) is 0 Å². The highest BCUT2D eigenvalue weighted by molar-refractivity contribution is 9.10. The lowest BCUT2D eigenvalue weighted by Gasteiger charge is -2.02. The Morgan fingerprint density at radius 3 is 2.45 bits per heavy atom. The number of rotatable bonds is 3. The van der Waals surface area contributed by atoms with E-state index in [-0.39, 0.29) is 0 Å². The van der Waals surface area contributed by atoms with Crippen molar-refractivity contribution in [3.63, 3.8) is 0 Å². The van der Waals surface area contributed by atoms with Crippen LogP contribution in [0.2, 0.25) is 0 Å². The highest BCUT2D eigenvalue weighted by Crippen LogP contribution is 2.21. The smallest absolute Gasteiger partial charge is 0.0660 e. The Kier molecular flexibility index (Phi) is 4.03. The van der Waals surface area contributed by atoms with Gasteiger partial charge in [0.25, 0.3) is 0 Å². The fourth-order valence-corrected chi connectivity index (χ4v) is 2.77. The number of hydrogen-bond donors (Lipinski definition) is 0. The van der Waals surface area contributed by atoms with Crippen molar-refractivity contribution in [1.82, 2.24) is 9.78 Å². The van der Waals surface area contributed by atoms with Gasteiger partial charge in [-0.05, 0) is 35.4 Å². The molecule has 0 bridgehead atoms. The van der Waals surface area contributed by atoms with E-state index in [1.165, 1.54) is 11.1 Å². The van der Waals surface area contributed by atoms with Crippen molar-refractivity contribution in [1.29, 1.82) is 0 Å². The first-order valence-electron chi connectivity index (χ1n) is 6.23.